The molecule has 0 radical (unpaired) electrons. The Morgan fingerprint density at radius 2 is 2.53 bits per heavy atom. The number of carbonyl (C=O) groups excluding carboxylic acids is 1. The molecule has 1 saturated heterocycles. The van der Waals surface area contributed by atoms with Gasteiger partial charge in [0.1, 0.15) is 0 Å². The molecule has 1 aromatic rings. The molecule has 1 aromatic heterocycles. The number of rotatable bonds is 1. The minimum atomic E-state index is 0.144. The third kappa shape index (κ3) is 2.41. The number of nitrogens with zero attached hydrogens (tertiary/aromatic N) is 1. The van der Waals surface area contributed by atoms with Crippen molar-refractivity contribution in [2.45, 2.75) is 13.0 Å². The van der Waals surface area contributed by atoms with E-state index in [9.17, 15) is 4.79 Å². The van der Waals surface area contributed by atoms with Crippen molar-refractivity contribution in [2.24, 2.45) is 0 Å². The van der Waals surface area contributed by atoms with Gasteiger partial charge in [-0.3, -0.25) is 4.79 Å². The normalized spacial score (nSPS) is 21.7. The van der Waals surface area contributed by atoms with Gasteiger partial charge in [-0.1, -0.05) is 0 Å². The number of halogens is 1. The Hall–Kier alpha value is -0.390. The van der Waals surface area contributed by atoms with Crippen molar-refractivity contribution in [1.82, 2.24) is 10.2 Å². The highest BCUT2D eigenvalue weighted by Crippen LogP contribution is 2.22. The summed E-state index contributed by atoms with van der Waals surface area (Å²) in [5.74, 6) is 0.144. The number of nitrogens with one attached hydrogen (secondary N) is 1. The second-order valence-corrected chi connectivity index (χ2v) is 5.98. The molecule has 1 fully saturated rings. The number of amides is 1. The molecule has 2 heterocycles. The van der Waals surface area contributed by atoms with Crippen LogP contribution < -0.4 is 5.32 Å². The van der Waals surface area contributed by atoms with Crippen molar-refractivity contribution in [3.05, 3.63) is 20.8 Å². The van der Waals surface area contributed by atoms with Gasteiger partial charge in [0, 0.05) is 31.1 Å². The molecule has 15 heavy (non-hydrogen) atoms. The molecule has 2 rings (SSSR count). The Bertz CT molecular complexity index is 366. The molecule has 1 aliphatic heterocycles. The Morgan fingerprint density at radius 3 is 3.13 bits per heavy atom. The topological polar surface area (TPSA) is 32.3 Å². The summed E-state index contributed by atoms with van der Waals surface area (Å²) in [5.41, 5.74) is 0.792. The first-order valence-corrected chi connectivity index (χ1v) is 6.61. The van der Waals surface area contributed by atoms with Crippen molar-refractivity contribution in [3.63, 3.8) is 0 Å². The van der Waals surface area contributed by atoms with Gasteiger partial charge in [-0.15, -0.1) is 11.3 Å². The van der Waals surface area contributed by atoms with Crippen LogP contribution in [0.3, 0.4) is 0 Å². The van der Waals surface area contributed by atoms with E-state index in [-0.39, 0.29) is 11.9 Å². The fourth-order valence-corrected chi connectivity index (χ4v) is 2.86. The van der Waals surface area contributed by atoms with E-state index in [1.165, 1.54) is 0 Å². The summed E-state index contributed by atoms with van der Waals surface area (Å²) < 4.78 is 1.01. The summed E-state index contributed by atoms with van der Waals surface area (Å²) in [6, 6.07) is 2.17. The second kappa shape index (κ2) is 4.63. The van der Waals surface area contributed by atoms with Gasteiger partial charge in [0.15, 0.2) is 0 Å². The highest BCUT2D eigenvalue weighted by Gasteiger charge is 2.24. The van der Waals surface area contributed by atoms with Crippen molar-refractivity contribution in [3.8, 4) is 0 Å². The van der Waals surface area contributed by atoms with Crippen LogP contribution in [0.2, 0.25) is 0 Å². The lowest BCUT2D eigenvalue weighted by Gasteiger charge is -2.33. The SMILES string of the molecule is C[C@H]1CNCCN1C(=O)c1csc(Br)c1. The van der Waals surface area contributed by atoms with E-state index >= 15 is 0 Å². The minimum absolute atomic E-state index is 0.144. The molecule has 0 bridgehead atoms. The molecule has 82 valence electrons. The quantitative estimate of drug-likeness (QED) is 0.857. The van der Waals surface area contributed by atoms with Crippen molar-refractivity contribution < 1.29 is 4.79 Å². The van der Waals surface area contributed by atoms with Gasteiger partial charge >= 0.3 is 0 Å². The first kappa shape index (κ1) is 11.1. The molecule has 1 N–H and O–H groups in total. The van der Waals surface area contributed by atoms with Crippen molar-refractivity contribution in [1.29, 1.82) is 0 Å². The monoisotopic (exact) mass is 288 g/mol. The molecule has 3 nitrogen and oxygen atoms in total. The molecule has 0 aromatic carbocycles. The van der Waals surface area contributed by atoms with E-state index in [0.717, 1.165) is 29.0 Å². The first-order chi connectivity index (χ1) is 7.18. The lowest BCUT2D eigenvalue weighted by Crippen LogP contribution is -2.52. The Morgan fingerprint density at radius 1 is 1.73 bits per heavy atom. The zero-order chi connectivity index (χ0) is 10.8. The van der Waals surface area contributed by atoms with E-state index in [1.54, 1.807) is 11.3 Å². The third-order valence-corrected chi connectivity index (χ3v) is 4.08. The van der Waals surface area contributed by atoms with Crippen LogP contribution >= 0.6 is 27.3 Å². The average molecular weight is 289 g/mol. The van der Waals surface area contributed by atoms with E-state index < -0.39 is 0 Å². The van der Waals surface area contributed by atoms with Gasteiger partial charge in [-0.25, -0.2) is 0 Å². The summed E-state index contributed by atoms with van der Waals surface area (Å²) in [7, 11) is 0. The molecule has 1 aliphatic rings. The van der Waals surface area contributed by atoms with Crippen LogP contribution in [0.5, 0.6) is 0 Å². The van der Waals surface area contributed by atoms with Crippen LogP contribution in [0.4, 0.5) is 0 Å². The average Bonchev–Trinajstić information content (AvgIpc) is 2.65. The summed E-state index contributed by atoms with van der Waals surface area (Å²) in [4.78, 5) is 14.0. The molecular formula is C10H13BrN2OS. The lowest BCUT2D eigenvalue weighted by molar-refractivity contribution is 0.0656. The number of hydrogen-bond donors (Lipinski definition) is 1. The standard InChI is InChI=1S/C10H13BrN2OS/c1-7-5-12-2-3-13(7)10(14)8-4-9(11)15-6-8/h4,6-7,12H,2-3,5H2,1H3/t7-/m0/s1. The molecular weight excluding hydrogens is 276 g/mol. The molecule has 1 atom stereocenters. The van der Waals surface area contributed by atoms with Crippen LogP contribution in [0.1, 0.15) is 17.3 Å². The maximum Gasteiger partial charge on any atom is 0.255 e. The number of thiophene rings is 1. The smallest absolute Gasteiger partial charge is 0.255 e. The Kier molecular flexibility index (Phi) is 3.43. The van der Waals surface area contributed by atoms with Gasteiger partial charge in [0.25, 0.3) is 5.91 Å². The predicted octanol–water partition coefficient (Wildman–Crippen LogP) is 1.94. The zero-order valence-electron chi connectivity index (χ0n) is 8.50. The van der Waals surface area contributed by atoms with Gasteiger partial charge in [-0.05, 0) is 28.9 Å². The lowest BCUT2D eigenvalue weighted by atomic mass is 10.2. The van der Waals surface area contributed by atoms with Gasteiger partial charge in [-0.2, -0.15) is 0 Å². The Labute approximate surface area is 102 Å². The fraction of sp³-hybridized carbons (Fsp3) is 0.500. The van der Waals surface area contributed by atoms with Crippen LogP contribution in [0, 0.1) is 0 Å². The maximum atomic E-state index is 12.1. The molecule has 0 aliphatic carbocycles. The maximum absolute atomic E-state index is 12.1. The second-order valence-electron chi connectivity index (χ2n) is 3.69. The van der Waals surface area contributed by atoms with Gasteiger partial charge in [0.05, 0.1) is 9.35 Å². The molecule has 0 spiro atoms. The van der Waals surface area contributed by atoms with Crippen LogP contribution in [-0.2, 0) is 0 Å². The van der Waals surface area contributed by atoms with Crippen molar-refractivity contribution >= 4 is 33.2 Å². The fourth-order valence-electron chi connectivity index (χ4n) is 1.73. The molecule has 5 heteroatoms. The first-order valence-electron chi connectivity index (χ1n) is 4.94. The van der Waals surface area contributed by atoms with Crippen LogP contribution in [0.15, 0.2) is 15.2 Å². The van der Waals surface area contributed by atoms with E-state index in [2.05, 4.69) is 28.2 Å². The predicted molar refractivity (Wildman–Crippen MR) is 65.4 cm³/mol. The van der Waals surface area contributed by atoms with Gasteiger partial charge < -0.3 is 10.2 Å². The molecule has 1 amide bonds. The molecule has 0 unspecified atom stereocenters. The number of hydrogen-bond acceptors (Lipinski definition) is 3. The van der Waals surface area contributed by atoms with Crippen molar-refractivity contribution in [2.75, 3.05) is 19.6 Å². The van der Waals surface area contributed by atoms with Crippen LogP contribution in [0.25, 0.3) is 0 Å². The highest BCUT2D eigenvalue weighted by molar-refractivity contribution is 9.11. The van der Waals surface area contributed by atoms with Gasteiger partial charge in [0.2, 0.25) is 0 Å². The highest BCUT2D eigenvalue weighted by atomic mass is 79.9. The van der Waals surface area contributed by atoms with Crippen LogP contribution in [-0.4, -0.2) is 36.5 Å². The van der Waals surface area contributed by atoms with E-state index in [0.29, 0.717) is 0 Å². The summed E-state index contributed by atoms with van der Waals surface area (Å²) >= 11 is 4.93. The summed E-state index contributed by atoms with van der Waals surface area (Å²) in [5, 5.41) is 5.18. The van der Waals surface area contributed by atoms with E-state index in [4.69, 9.17) is 0 Å². The number of carbonyl (C=O) groups is 1. The number of piperazine rings is 1. The zero-order valence-corrected chi connectivity index (χ0v) is 10.9. The van der Waals surface area contributed by atoms with E-state index in [1.807, 2.05) is 16.3 Å². The molecule has 0 saturated carbocycles. The minimum Gasteiger partial charge on any atom is -0.333 e. The Balaban J connectivity index is 2.13. The summed E-state index contributed by atoms with van der Waals surface area (Å²) in [6.07, 6.45) is 0. The summed E-state index contributed by atoms with van der Waals surface area (Å²) in [6.45, 7) is 4.65. The third-order valence-electron chi connectivity index (χ3n) is 2.58. The largest absolute Gasteiger partial charge is 0.333 e.